The predicted octanol–water partition coefficient (Wildman–Crippen LogP) is 2.29. The first-order valence-corrected chi connectivity index (χ1v) is 9.89. The minimum Gasteiger partial charge on any atom is -0.293 e. The Morgan fingerprint density at radius 1 is 1.27 bits per heavy atom. The number of carbonyl (C=O) groups excluding carboxylic acids is 1. The van der Waals surface area contributed by atoms with Gasteiger partial charge in [0.1, 0.15) is 5.82 Å². The Kier molecular flexibility index (Phi) is 3.76. The van der Waals surface area contributed by atoms with Crippen molar-refractivity contribution in [1.29, 1.82) is 0 Å². The summed E-state index contributed by atoms with van der Waals surface area (Å²) >= 11 is 0. The summed E-state index contributed by atoms with van der Waals surface area (Å²) in [6.45, 7) is 0. The van der Waals surface area contributed by atoms with Gasteiger partial charge >= 0.3 is 0 Å². The van der Waals surface area contributed by atoms with E-state index in [2.05, 4.69) is 15.4 Å². The average molecular weight is 374 g/mol. The molecule has 0 atom stereocenters. The lowest BCUT2D eigenvalue weighted by atomic mass is 10.1. The van der Waals surface area contributed by atoms with Crippen molar-refractivity contribution in [2.75, 3.05) is 11.6 Å². The molecule has 0 radical (unpaired) electrons. The van der Waals surface area contributed by atoms with E-state index < -0.39 is 15.7 Å². The number of benzene rings is 1. The predicted molar refractivity (Wildman–Crippen MR) is 92.8 cm³/mol. The first-order chi connectivity index (χ1) is 12.3. The lowest BCUT2D eigenvalue weighted by Gasteiger charge is -2.07. The number of anilines is 1. The molecule has 3 aromatic rings. The summed E-state index contributed by atoms with van der Waals surface area (Å²) in [6, 6.07) is 8.74. The summed E-state index contributed by atoms with van der Waals surface area (Å²) in [4.78, 5) is 16.0. The highest BCUT2D eigenvalue weighted by molar-refractivity contribution is 7.90. The number of hydrogen-bond donors (Lipinski definition) is 1. The molecule has 1 aliphatic rings. The van der Waals surface area contributed by atoms with Crippen LogP contribution in [0.3, 0.4) is 0 Å². The molecule has 1 N–H and O–H groups in total. The van der Waals surface area contributed by atoms with Crippen molar-refractivity contribution in [3.8, 4) is 11.3 Å². The molecular weight excluding hydrogens is 359 g/mol. The molecule has 134 valence electrons. The van der Waals surface area contributed by atoms with Gasteiger partial charge in [-0.3, -0.25) is 10.1 Å². The molecular formula is C17H15FN4O3S. The van der Waals surface area contributed by atoms with Crippen molar-refractivity contribution >= 4 is 27.3 Å². The van der Waals surface area contributed by atoms with Crippen molar-refractivity contribution < 1.29 is 17.6 Å². The molecule has 0 saturated heterocycles. The highest BCUT2D eigenvalue weighted by atomic mass is 32.2. The summed E-state index contributed by atoms with van der Waals surface area (Å²) in [6.07, 6.45) is 2.75. The highest BCUT2D eigenvalue weighted by Crippen LogP contribution is 2.30. The number of amides is 1. The van der Waals surface area contributed by atoms with E-state index >= 15 is 0 Å². The van der Waals surface area contributed by atoms with E-state index in [4.69, 9.17) is 0 Å². The van der Waals surface area contributed by atoms with Gasteiger partial charge in [0.25, 0.3) is 0 Å². The van der Waals surface area contributed by atoms with E-state index in [-0.39, 0.29) is 28.2 Å². The number of rotatable bonds is 4. The summed E-state index contributed by atoms with van der Waals surface area (Å²) in [5.74, 6) is -0.629. The van der Waals surface area contributed by atoms with Crippen LogP contribution in [0.15, 0.2) is 41.3 Å². The molecule has 1 fully saturated rings. The van der Waals surface area contributed by atoms with E-state index in [0.717, 1.165) is 25.2 Å². The molecule has 0 spiro atoms. The summed E-state index contributed by atoms with van der Waals surface area (Å²) in [5.41, 5.74) is 1.03. The van der Waals surface area contributed by atoms with Crippen LogP contribution in [0.1, 0.15) is 12.8 Å². The molecule has 2 heterocycles. The third-order valence-electron chi connectivity index (χ3n) is 4.19. The van der Waals surface area contributed by atoms with E-state index in [9.17, 15) is 17.6 Å². The summed E-state index contributed by atoms with van der Waals surface area (Å²) < 4.78 is 39.1. The number of aromatic nitrogens is 3. The second-order valence-corrected chi connectivity index (χ2v) is 8.31. The molecule has 1 saturated carbocycles. The third-order valence-corrected chi connectivity index (χ3v) is 5.30. The van der Waals surface area contributed by atoms with Crippen molar-refractivity contribution in [3.05, 3.63) is 42.2 Å². The smallest absolute Gasteiger partial charge is 0.249 e. The molecule has 26 heavy (non-hydrogen) atoms. The van der Waals surface area contributed by atoms with Crippen molar-refractivity contribution in [3.63, 3.8) is 0 Å². The van der Waals surface area contributed by atoms with Gasteiger partial charge in [-0.2, -0.15) is 4.98 Å². The van der Waals surface area contributed by atoms with Crippen LogP contribution in [-0.2, 0) is 14.6 Å². The fourth-order valence-electron chi connectivity index (χ4n) is 2.65. The molecule has 1 aromatic carbocycles. The monoisotopic (exact) mass is 374 g/mol. The number of nitrogens with one attached hydrogen (secondary N) is 1. The van der Waals surface area contributed by atoms with Crippen LogP contribution in [0, 0.1) is 11.7 Å². The number of nitrogens with zero attached hydrogens (tertiary/aromatic N) is 3. The second kappa shape index (κ2) is 5.87. The minimum atomic E-state index is -3.50. The lowest BCUT2D eigenvalue weighted by molar-refractivity contribution is -0.117. The zero-order valence-electron chi connectivity index (χ0n) is 13.8. The molecule has 0 bridgehead atoms. The fraction of sp³-hybridized carbons (Fsp3) is 0.235. The van der Waals surface area contributed by atoms with Crippen LogP contribution in [0.5, 0.6) is 0 Å². The van der Waals surface area contributed by atoms with Gasteiger partial charge in [0, 0.05) is 17.7 Å². The Morgan fingerprint density at radius 3 is 2.69 bits per heavy atom. The Balaban J connectivity index is 1.76. The van der Waals surface area contributed by atoms with Gasteiger partial charge in [-0.15, -0.1) is 5.10 Å². The largest absolute Gasteiger partial charge is 0.293 e. The quantitative estimate of drug-likeness (QED) is 0.756. The molecule has 9 heteroatoms. The Hall–Kier alpha value is -2.81. The Labute approximate surface area is 148 Å². The maximum atomic E-state index is 14.5. The van der Waals surface area contributed by atoms with Crippen LogP contribution in [0.25, 0.3) is 16.9 Å². The van der Waals surface area contributed by atoms with Crippen LogP contribution in [-0.4, -0.2) is 35.2 Å². The number of halogens is 1. The fourth-order valence-corrected chi connectivity index (χ4v) is 3.29. The topological polar surface area (TPSA) is 93.4 Å². The molecule has 4 rings (SSSR count). The second-order valence-electron chi connectivity index (χ2n) is 6.29. The van der Waals surface area contributed by atoms with Gasteiger partial charge in [-0.25, -0.2) is 17.3 Å². The zero-order valence-corrected chi connectivity index (χ0v) is 14.6. The van der Waals surface area contributed by atoms with Gasteiger partial charge in [0.2, 0.25) is 11.9 Å². The molecule has 7 nitrogen and oxygen atoms in total. The van der Waals surface area contributed by atoms with Gasteiger partial charge in [-0.05, 0) is 43.2 Å². The van der Waals surface area contributed by atoms with Crippen molar-refractivity contribution in [2.24, 2.45) is 5.92 Å². The van der Waals surface area contributed by atoms with Gasteiger partial charge in [-0.1, -0.05) is 6.07 Å². The van der Waals surface area contributed by atoms with Gasteiger partial charge < -0.3 is 0 Å². The van der Waals surface area contributed by atoms with Crippen LogP contribution in [0.2, 0.25) is 0 Å². The maximum Gasteiger partial charge on any atom is 0.249 e. The number of carbonyl (C=O) groups is 1. The third kappa shape index (κ3) is 3.05. The normalized spacial score (nSPS) is 14.5. The average Bonchev–Trinajstić information content (AvgIpc) is 3.34. The lowest BCUT2D eigenvalue weighted by Crippen LogP contribution is -2.14. The first-order valence-electron chi connectivity index (χ1n) is 7.99. The highest BCUT2D eigenvalue weighted by Gasteiger charge is 2.30. The Morgan fingerprint density at radius 2 is 2.04 bits per heavy atom. The molecule has 0 unspecified atom stereocenters. The number of sulfone groups is 1. The van der Waals surface area contributed by atoms with Crippen molar-refractivity contribution in [2.45, 2.75) is 17.7 Å². The Bertz CT molecular complexity index is 1140. The van der Waals surface area contributed by atoms with Gasteiger partial charge in [0.15, 0.2) is 15.5 Å². The zero-order chi connectivity index (χ0) is 18.5. The summed E-state index contributed by atoms with van der Waals surface area (Å²) in [7, 11) is -3.50. The van der Waals surface area contributed by atoms with E-state index in [0.29, 0.717) is 11.3 Å². The van der Waals surface area contributed by atoms with E-state index in [1.54, 1.807) is 18.2 Å². The van der Waals surface area contributed by atoms with E-state index in [1.165, 1.54) is 16.6 Å². The molecule has 0 aliphatic heterocycles. The molecule has 1 aliphatic carbocycles. The van der Waals surface area contributed by atoms with Crippen molar-refractivity contribution in [1.82, 2.24) is 14.6 Å². The number of pyridine rings is 1. The van der Waals surface area contributed by atoms with Crippen LogP contribution < -0.4 is 5.32 Å². The van der Waals surface area contributed by atoms with Gasteiger partial charge in [0.05, 0.1) is 10.6 Å². The number of hydrogen-bond acceptors (Lipinski definition) is 5. The molecule has 2 aromatic heterocycles. The number of fused-ring (bicyclic) bond motifs is 1. The maximum absolute atomic E-state index is 14.5. The minimum absolute atomic E-state index is 0.0158. The SMILES string of the molecule is CS(=O)(=O)c1ccc(-c2cccc3nc(NC(=O)C4CC4)nn23)c(F)c1. The van der Waals surface area contributed by atoms with E-state index in [1.807, 2.05) is 0 Å². The first kappa shape index (κ1) is 16.6. The molecule has 1 amide bonds. The van der Waals surface area contributed by atoms with Crippen LogP contribution >= 0.6 is 0 Å². The van der Waals surface area contributed by atoms with Crippen LogP contribution in [0.4, 0.5) is 10.3 Å². The summed E-state index contributed by atoms with van der Waals surface area (Å²) in [5, 5.41) is 6.90. The standard InChI is InChI=1S/C17H15FN4O3S/c1-26(24,25)11-7-8-12(13(18)9-11)14-3-2-4-15-19-17(21-22(14)15)20-16(23)10-5-6-10/h2-4,7-10H,5-6H2,1H3,(H,20,21,23).